The summed E-state index contributed by atoms with van der Waals surface area (Å²) >= 11 is 0. The van der Waals surface area contributed by atoms with Crippen molar-refractivity contribution in [3.05, 3.63) is 36.2 Å². The first-order valence-electron chi connectivity index (χ1n) is 11.4. The largest absolute Gasteiger partial charge is 0.421 e. The molecule has 1 saturated heterocycles. The van der Waals surface area contributed by atoms with Crippen LogP contribution in [0, 0.1) is 11.2 Å². The van der Waals surface area contributed by atoms with Crippen LogP contribution in [0.15, 0.2) is 24.5 Å². The summed E-state index contributed by atoms with van der Waals surface area (Å²) in [7, 11) is 1.76. The van der Waals surface area contributed by atoms with Gasteiger partial charge in [-0.15, -0.1) is 0 Å². The molecule has 2 aliphatic rings. The minimum absolute atomic E-state index is 0.109. The highest BCUT2D eigenvalue weighted by atomic mass is 19.1. The number of hydrogen-bond donors (Lipinski definition) is 4. The zero-order valence-electron chi connectivity index (χ0n) is 18.8. The summed E-state index contributed by atoms with van der Waals surface area (Å²) in [6.45, 7) is 1.86. The normalized spacial score (nSPS) is 22.0. The molecule has 1 spiro atoms. The van der Waals surface area contributed by atoms with E-state index in [0.29, 0.717) is 28.7 Å². The van der Waals surface area contributed by atoms with Gasteiger partial charge in [-0.2, -0.15) is 9.97 Å². The quantitative estimate of drug-likeness (QED) is 0.351. The molecule has 1 aromatic carbocycles. The standard InChI is InChI=1S/C23H26FN9O/c1-27-15-7-12(24)6-14-18-20(30-19(14)15)31-22(34-13-9-28-17(8-25)29-10-13)32-21(18)33-5-4-23(11-33)3-2-16(23)26/h6-7,9-10,16,27H,2-5,8,11,25-26H2,1H3,(H,30,31,32)/t16-,23?/m1/s1. The van der Waals surface area contributed by atoms with Crippen LogP contribution in [0.3, 0.4) is 0 Å². The Balaban J connectivity index is 1.49. The van der Waals surface area contributed by atoms with Crippen LogP contribution in [0.25, 0.3) is 21.9 Å². The molecule has 0 amide bonds. The molecule has 176 valence electrons. The third-order valence-corrected chi connectivity index (χ3v) is 7.25. The predicted octanol–water partition coefficient (Wildman–Crippen LogP) is 2.65. The number of halogens is 1. The molecule has 4 aromatic rings. The number of ether oxygens (including phenoxy) is 1. The maximum Gasteiger partial charge on any atom is 0.326 e. The van der Waals surface area contributed by atoms with E-state index in [1.165, 1.54) is 12.1 Å². The van der Waals surface area contributed by atoms with Crippen molar-refractivity contribution < 1.29 is 9.13 Å². The Kier molecular flexibility index (Phi) is 4.78. The number of benzene rings is 1. The van der Waals surface area contributed by atoms with Gasteiger partial charge in [-0.05, 0) is 31.4 Å². The molecule has 4 heterocycles. The van der Waals surface area contributed by atoms with Gasteiger partial charge in [0.2, 0.25) is 0 Å². The Morgan fingerprint density at radius 1 is 1.26 bits per heavy atom. The minimum Gasteiger partial charge on any atom is -0.421 e. The maximum absolute atomic E-state index is 14.5. The Bertz CT molecular complexity index is 1390. The van der Waals surface area contributed by atoms with E-state index in [9.17, 15) is 4.39 Å². The van der Waals surface area contributed by atoms with Crippen molar-refractivity contribution in [1.82, 2.24) is 24.9 Å². The summed E-state index contributed by atoms with van der Waals surface area (Å²) < 4.78 is 20.4. The fourth-order valence-electron chi connectivity index (χ4n) is 5.21. The van der Waals surface area contributed by atoms with Gasteiger partial charge in [-0.25, -0.2) is 14.4 Å². The smallest absolute Gasteiger partial charge is 0.326 e. The van der Waals surface area contributed by atoms with Crippen LogP contribution in [-0.4, -0.2) is 51.1 Å². The molecule has 0 radical (unpaired) electrons. The second-order valence-electron chi connectivity index (χ2n) is 9.12. The van der Waals surface area contributed by atoms with E-state index in [0.717, 1.165) is 48.6 Å². The number of nitrogens with one attached hydrogen (secondary N) is 2. The van der Waals surface area contributed by atoms with E-state index in [1.807, 2.05) is 0 Å². The van der Waals surface area contributed by atoms with Crippen LogP contribution in [0.4, 0.5) is 15.9 Å². The van der Waals surface area contributed by atoms with Crippen LogP contribution in [0.5, 0.6) is 11.8 Å². The number of aromatic nitrogens is 5. The summed E-state index contributed by atoms with van der Waals surface area (Å²) in [4.78, 5) is 23.3. The van der Waals surface area contributed by atoms with Crippen molar-refractivity contribution in [3.63, 3.8) is 0 Å². The van der Waals surface area contributed by atoms with Crippen molar-refractivity contribution >= 4 is 33.4 Å². The van der Waals surface area contributed by atoms with E-state index < -0.39 is 0 Å². The van der Waals surface area contributed by atoms with Gasteiger partial charge < -0.3 is 31.4 Å². The summed E-state index contributed by atoms with van der Waals surface area (Å²) in [6, 6.07) is 3.32. The number of rotatable bonds is 5. The summed E-state index contributed by atoms with van der Waals surface area (Å²) in [5, 5.41) is 4.54. The molecule has 11 heteroatoms. The van der Waals surface area contributed by atoms with Gasteiger partial charge >= 0.3 is 6.01 Å². The summed E-state index contributed by atoms with van der Waals surface area (Å²) in [6.07, 6.45) is 6.24. The van der Waals surface area contributed by atoms with Gasteiger partial charge in [0.1, 0.15) is 23.1 Å². The lowest BCUT2D eigenvalue weighted by Crippen LogP contribution is -2.52. The molecular formula is C23H26FN9O. The molecule has 1 aliphatic heterocycles. The molecule has 6 N–H and O–H groups in total. The van der Waals surface area contributed by atoms with Gasteiger partial charge in [-0.3, -0.25) is 0 Å². The Morgan fingerprint density at radius 3 is 2.74 bits per heavy atom. The predicted molar refractivity (Wildman–Crippen MR) is 127 cm³/mol. The molecule has 2 atom stereocenters. The number of nitrogens with zero attached hydrogens (tertiary/aromatic N) is 5. The monoisotopic (exact) mass is 463 g/mol. The highest BCUT2D eigenvalue weighted by Crippen LogP contribution is 2.49. The Labute approximate surface area is 194 Å². The van der Waals surface area contributed by atoms with Crippen molar-refractivity contribution in [1.29, 1.82) is 0 Å². The lowest BCUT2D eigenvalue weighted by atomic mass is 9.64. The van der Waals surface area contributed by atoms with Crippen LogP contribution < -0.4 is 26.4 Å². The fourth-order valence-corrected chi connectivity index (χ4v) is 5.21. The first-order chi connectivity index (χ1) is 16.5. The van der Waals surface area contributed by atoms with E-state index in [2.05, 4.69) is 30.2 Å². The van der Waals surface area contributed by atoms with Gasteiger partial charge in [0.05, 0.1) is 35.5 Å². The Hall–Kier alpha value is -3.57. The Morgan fingerprint density at radius 2 is 2.09 bits per heavy atom. The van der Waals surface area contributed by atoms with E-state index in [-0.39, 0.29) is 29.8 Å². The number of aromatic amines is 1. The van der Waals surface area contributed by atoms with Gasteiger partial charge in [-0.1, -0.05) is 0 Å². The highest BCUT2D eigenvalue weighted by Gasteiger charge is 2.49. The van der Waals surface area contributed by atoms with E-state index in [1.54, 1.807) is 19.4 Å². The van der Waals surface area contributed by atoms with Gasteiger partial charge in [0.15, 0.2) is 5.75 Å². The second kappa shape index (κ2) is 7.74. The molecule has 34 heavy (non-hydrogen) atoms. The van der Waals surface area contributed by atoms with Crippen LogP contribution in [0.2, 0.25) is 0 Å². The van der Waals surface area contributed by atoms with Crippen molar-refractivity contribution in [2.24, 2.45) is 16.9 Å². The van der Waals surface area contributed by atoms with Gasteiger partial charge in [0, 0.05) is 37.0 Å². The number of H-pyrrole nitrogens is 1. The molecular weight excluding hydrogens is 437 g/mol. The van der Waals surface area contributed by atoms with Gasteiger partial charge in [0.25, 0.3) is 0 Å². The van der Waals surface area contributed by atoms with E-state index >= 15 is 0 Å². The number of hydrogen-bond acceptors (Lipinski definition) is 9. The zero-order valence-corrected chi connectivity index (χ0v) is 18.8. The summed E-state index contributed by atoms with van der Waals surface area (Å²) in [5.74, 6) is 1.29. The average molecular weight is 464 g/mol. The second-order valence-corrected chi connectivity index (χ2v) is 9.12. The molecule has 2 fully saturated rings. The maximum atomic E-state index is 14.5. The number of anilines is 2. The number of nitrogens with two attached hydrogens (primary N) is 2. The molecule has 10 nitrogen and oxygen atoms in total. The minimum atomic E-state index is -0.333. The first kappa shape index (κ1) is 21.0. The third kappa shape index (κ3) is 3.23. The third-order valence-electron chi connectivity index (χ3n) is 7.25. The lowest BCUT2D eigenvalue weighted by Gasteiger charge is -2.44. The molecule has 0 bridgehead atoms. The van der Waals surface area contributed by atoms with Crippen LogP contribution >= 0.6 is 0 Å². The lowest BCUT2D eigenvalue weighted by molar-refractivity contribution is 0.122. The molecule has 3 aromatic heterocycles. The average Bonchev–Trinajstić information content (AvgIpc) is 3.46. The zero-order chi connectivity index (χ0) is 23.4. The molecule has 6 rings (SSSR count). The topological polar surface area (TPSA) is 144 Å². The fraction of sp³-hybridized carbons (Fsp3) is 0.391. The molecule has 1 aliphatic carbocycles. The first-order valence-corrected chi connectivity index (χ1v) is 11.4. The SMILES string of the molecule is CNc1cc(F)cc2c1[nH]c1nc(Oc3cnc(CN)nc3)nc(N3CCC4(CC[C@H]4N)C3)c12. The van der Waals surface area contributed by atoms with Crippen LogP contribution in [-0.2, 0) is 6.54 Å². The molecule has 1 saturated carbocycles. The van der Waals surface area contributed by atoms with Crippen molar-refractivity contribution in [3.8, 4) is 11.8 Å². The van der Waals surface area contributed by atoms with Crippen molar-refractivity contribution in [2.45, 2.75) is 31.8 Å². The highest BCUT2D eigenvalue weighted by molar-refractivity contribution is 6.14. The summed E-state index contributed by atoms with van der Waals surface area (Å²) in [5.41, 5.74) is 14.0. The van der Waals surface area contributed by atoms with Crippen molar-refractivity contribution in [2.75, 3.05) is 30.4 Å². The van der Waals surface area contributed by atoms with E-state index in [4.69, 9.17) is 21.2 Å². The molecule has 1 unspecified atom stereocenters. The van der Waals surface area contributed by atoms with Crippen LogP contribution in [0.1, 0.15) is 25.1 Å². The number of fused-ring (bicyclic) bond motifs is 3.